The fourth-order valence-corrected chi connectivity index (χ4v) is 5.36. The normalized spacial score (nSPS) is 16.8. The number of methoxy groups -OCH3 is 1. The molecule has 0 bridgehead atoms. The third kappa shape index (κ3) is 4.72. The molecule has 9 heteroatoms. The Hall–Kier alpha value is -4.24. The first-order chi connectivity index (χ1) is 18.4. The van der Waals surface area contributed by atoms with Crippen LogP contribution in [-0.2, 0) is 9.59 Å². The molecule has 1 atom stereocenters. The Balaban J connectivity index is 1.64. The highest BCUT2D eigenvalue weighted by Gasteiger charge is 2.48. The Morgan fingerprint density at radius 2 is 1.87 bits per heavy atom. The van der Waals surface area contributed by atoms with E-state index >= 15 is 0 Å². The second kappa shape index (κ2) is 10.6. The molecule has 3 aromatic carbocycles. The second-order valence-corrected chi connectivity index (χ2v) is 9.79. The third-order valence-electron chi connectivity index (χ3n) is 6.30. The summed E-state index contributed by atoms with van der Waals surface area (Å²) in [6.07, 6.45) is 1.92. The molecule has 1 aliphatic rings. The van der Waals surface area contributed by atoms with Crippen LogP contribution >= 0.6 is 11.3 Å². The van der Waals surface area contributed by atoms with Crippen LogP contribution in [0.4, 0.5) is 9.52 Å². The number of unbranched alkanes of at least 4 members (excludes halogenated alkanes) is 1. The van der Waals surface area contributed by atoms with Gasteiger partial charge in [-0.05, 0) is 54.4 Å². The van der Waals surface area contributed by atoms with E-state index in [0.717, 1.165) is 24.2 Å². The Morgan fingerprint density at radius 1 is 1.08 bits per heavy atom. The molecular formula is C29H25FN2O5S. The van der Waals surface area contributed by atoms with E-state index < -0.39 is 23.5 Å². The summed E-state index contributed by atoms with van der Waals surface area (Å²) in [5.41, 5.74) is 1.34. The van der Waals surface area contributed by atoms with Crippen molar-refractivity contribution in [2.75, 3.05) is 18.6 Å². The molecule has 1 aliphatic heterocycles. The van der Waals surface area contributed by atoms with Crippen LogP contribution in [0, 0.1) is 5.82 Å². The van der Waals surface area contributed by atoms with Crippen LogP contribution < -0.4 is 14.4 Å². The maximum Gasteiger partial charge on any atom is 0.301 e. The molecule has 1 unspecified atom stereocenters. The van der Waals surface area contributed by atoms with E-state index in [1.807, 2.05) is 0 Å². The molecule has 0 saturated carbocycles. The van der Waals surface area contributed by atoms with Crippen LogP contribution in [-0.4, -0.2) is 35.5 Å². The van der Waals surface area contributed by atoms with Gasteiger partial charge in [-0.1, -0.05) is 48.9 Å². The lowest BCUT2D eigenvalue weighted by molar-refractivity contribution is -0.132. The first-order valence-electron chi connectivity index (χ1n) is 12.2. The van der Waals surface area contributed by atoms with Crippen LogP contribution in [0.2, 0.25) is 0 Å². The number of carbonyl (C=O) groups is 2. The van der Waals surface area contributed by atoms with Crippen LogP contribution in [0.5, 0.6) is 11.5 Å². The van der Waals surface area contributed by atoms with Crippen molar-refractivity contribution in [1.82, 2.24) is 4.98 Å². The molecule has 38 heavy (non-hydrogen) atoms. The minimum atomic E-state index is -0.962. The lowest BCUT2D eigenvalue weighted by atomic mass is 9.95. The Labute approximate surface area is 222 Å². The molecule has 4 aromatic rings. The molecule has 5 rings (SSSR count). The van der Waals surface area contributed by atoms with E-state index in [0.29, 0.717) is 39.4 Å². The molecule has 1 saturated heterocycles. The number of aliphatic hydroxyl groups excluding tert-OH is 1. The van der Waals surface area contributed by atoms with Crippen molar-refractivity contribution in [3.63, 3.8) is 0 Å². The zero-order valence-electron chi connectivity index (χ0n) is 20.8. The lowest BCUT2D eigenvalue weighted by Crippen LogP contribution is -2.29. The number of amides is 1. The van der Waals surface area contributed by atoms with Crippen molar-refractivity contribution in [1.29, 1.82) is 0 Å². The van der Waals surface area contributed by atoms with Gasteiger partial charge < -0.3 is 14.6 Å². The quantitative estimate of drug-likeness (QED) is 0.125. The van der Waals surface area contributed by atoms with Gasteiger partial charge in [-0.15, -0.1) is 0 Å². The van der Waals surface area contributed by atoms with Gasteiger partial charge in [-0.25, -0.2) is 9.37 Å². The highest BCUT2D eigenvalue weighted by Crippen LogP contribution is 2.44. The number of ketones is 1. The summed E-state index contributed by atoms with van der Waals surface area (Å²) >= 11 is 1.10. The number of anilines is 1. The van der Waals surface area contributed by atoms with Crippen molar-refractivity contribution in [3.8, 4) is 11.5 Å². The van der Waals surface area contributed by atoms with E-state index in [4.69, 9.17) is 9.47 Å². The molecule has 194 valence electrons. The number of benzene rings is 3. The number of thiazole rings is 1. The highest BCUT2D eigenvalue weighted by molar-refractivity contribution is 7.22. The molecule has 1 aromatic heterocycles. The number of carbonyl (C=O) groups excluding carboxylic acids is 2. The second-order valence-electron chi connectivity index (χ2n) is 8.78. The van der Waals surface area contributed by atoms with Crippen molar-refractivity contribution in [2.45, 2.75) is 25.8 Å². The average Bonchev–Trinajstić information content (AvgIpc) is 3.46. The summed E-state index contributed by atoms with van der Waals surface area (Å²) in [5, 5.41) is 11.6. The maximum atomic E-state index is 13.9. The maximum absolute atomic E-state index is 13.9. The van der Waals surface area contributed by atoms with Crippen molar-refractivity contribution < 1.29 is 28.6 Å². The first-order valence-corrected chi connectivity index (χ1v) is 13.0. The number of hydrogen-bond acceptors (Lipinski definition) is 7. The average molecular weight is 533 g/mol. The first kappa shape index (κ1) is 25.4. The van der Waals surface area contributed by atoms with Crippen LogP contribution in [0.25, 0.3) is 16.0 Å². The van der Waals surface area contributed by atoms with Gasteiger partial charge in [-0.3, -0.25) is 14.5 Å². The zero-order chi connectivity index (χ0) is 26.8. The third-order valence-corrected chi connectivity index (χ3v) is 7.31. The smallest absolute Gasteiger partial charge is 0.301 e. The molecule has 0 aliphatic carbocycles. The molecular weight excluding hydrogens is 507 g/mol. The monoisotopic (exact) mass is 532 g/mol. The molecule has 2 heterocycles. The topological polar surface area (TPSA) is 89.0 Å². The number of fused-ring (bicyclic) bond motifs is 1. The van der Waals surface area contributed by atoms with Crippen LogP contribution in [0.1, 0.15) is 36.9 Å². The summed E-state index contributed by atoms with van der Waals surface area (Å²) in [6, 6.07) is 16.9. The SMILES string of the molecule is CCCCOc1ccc(C2/C(=C(\O)c3cccc(OC)c3)C(=O)C(=O)N2c2nc3ccc(F)cc3s2)cc1. The largest absolute Gasteiger partial charge is 0.507 e. The molecule has 7 nitrogen and oxygen atoms in total. The summed E-state index contributed by atoms with van der Waals surface area (Å²) in [5.74, 6) is -1.29. The number of Topliss-reactive ketones (excluding diaryl/α,β-unsaturated/α-hetero) is 1. The van der Waals surface area contributed by atoms with E-state index in [2.05, 4.69) is 11.9 Å². The summed E-state index contributed by atoms with van der Waals surface area (Å²) in [7, 11) is 1.50. The van der Waals surface area contributed by atoms with Crippen molar-refractivity contribution >= 4 is 44.1 Å². The van der Waals surface area contributed by atoms with Gasteiger partial charge in [-0.2, -0.15) is 0 Å². The van der Waals surface area contributed by atoms with Gasteiger partial charge in [0.25, 0.3) is 5.78 Å². The number of aromatic nitrogens is 1. The van der Waals surface area contributed by atoms with Crippen molar-refractivity contribution in [2.24, 2.45) is 0 Å². The Bertz CT molecular complexity index is 1550. The fraction of sp³-hybridized carbons (Fsp3) is 0.207. The standard InChI is InChI=1S/C29H25FN2O5S/c1-3-4-14-37-20-11-8-17(9-12-20)25-24(26(33)18-6-5-7-21(15-18)36-2)27(34)28(35)32(25)29-31-22-13-10-19(30)16-23(22)38-29/h5-13,15-16,25,33H,3-4,14H2,1-2H3/b26-24+. The van der Waals surface area contributed by atoms with E-state index in [1.54, 1.807) is 48.5 Å². The van der Waals surface area contributed by atoms with Gasteiger partial charge in [0, 0.05) is 5.56 Å². The molecule has 1 amide bonds. The van der Waals surface area contributed by atoms with E-state index in [1.165, 1.54) is 30.2 Å². The molecule has 0 radical (unpaired) electrons. The number of hydrogen-bond donors (Lipinski definition) is 1. The molecule has 1 fully saturated rings. The minimum Gasteiger partial charge on any atom is -0.507 e. The lowest BCUT2D eigenvalue weighted by Gasteiger charge is -2.23. The number of aliphatic hydroxyl groups is 1. The zero-order valence-corrected chi connectivity index (χ0v) is 21.6. The summed E-state index contributed by atoms with van der Waals surface area (Å²) in [6.45, 7) is 2.65. The van der Waals surface area contributed by atoms with Gasteiger partial charge >= 0.3 is 5.91 Å². The van der Waals surface area contributed by atoms with E-state index in [-0.39, 0.29) is 16.5 Å². The molecule has 0 spiro atoms. The van der Waals surface area contributed by atoms with Gasteiger partial charge in [0.05, 0.1) is 35.5 Å². The summed E-state index contributed by atoms with van der Waals surface area (Å²) in [4.78, 5) is 32.6. The number of halogens is 1. The van der Waals surface area contributed by atoms with Crippen LogP contribution in [0.3, 0.4) is 0 Å². The van der Waals surface area contributed by atoms with Gasteiger partial charge in [0.1, 0.15) is 23.1 Å². The Kier molecular flexibility index (Phi) is 7.11. The van der Waals surface area contributed by atoms with E-state index in [9.17, 15) is 19.1 Å². The fourth-order valence-electron chi connectivity index (χ4n) is 4.34. The minimum absolute atomic E-state index is 0.0756. The van der Waals surface area contributed by atoms with Crippen LogP contribution in [0.15, 0.2) is 72.3 Å². The highest BCUT2D eigenvalue weighted by atomic mass is 32.1. The number of nitrogens with zero attached hydrogens (tertiary/aromatic N) is 2. The number of ether oxygens (including phenoxy) is 2. The Morgan fingerprint density at radius 3 is 2.61 bits per heavy atom. The van der Waals surface area contributed by atoms with Crippen molar-refractivity contribution in [3.05, 3.63) is 89.2 Å². The predicted molar refractivity (Wildman–Crippen MR) is 144 cm³/mol. The molecule has 1 N–H and O–H groups in total. The van der Waals surface area contributed by atoms with Gasteiger partial charge in [0.15, 0.2) is 5.13 Å². The number of rotatable bonds is 8. The predicted octanol–water partition coefficient (Wildman–Crippen LogP) is 6.25. The van der Waals surface area contributed by atoms with Gasteiger partial charge in [0.2, 0.25) is 0 Å². The summed E-state index contributed by atoms with van der Waals surface area (Å²) < 4.78 is 25.4.